The maximum absolute atomic E-state index is 12.3. The SMILES string of the molecule is CCCCCCCC/C=C/CCCCCCCCOCCOP(=O)(O)OP(=O)(O)COCCn1cnc2c(NC3CC3)nc(N)nc21. The third-order valence-electron chi connectivity index (χ3n) is 7.64. The summed E-state index contributed by atoms with van der Waals surface area (Å²) in [5, 5.41) is 3.27. The Balaban J connectivity index is 1.15. The number of nitrogens with one attached hydrogen (secondary N) is 1. The molecule has 2 aromatic rings. The second-order valence-electron chi connectivity index (χ2n) is 12.1. The van der Waals surface area contributed by atoms with E-state index in [9.17, 15) is 18.9 Å². The largest absolute Gasteiger partial charge is 0.479 e. The average molecular weight is 703 g/mol. The number of imidazole rings is 1. The lowest BCUT2D eigenvalue weighted by Crippen LogP contribution is -2.10. The molecule has 0 radical (unpaired) electrons. The molecular formula is C31H56N6O8P2. The quantitative estimate of drug-likeness (QED) is 0.0374. The molecule has 0 aliphatic heterocycles. The fraction of sp³-hybridized carbons (Fsp3) is 0.774. The Morgan fingerprint density at radius 1 is 0.894 bits per heavy atom. The molecule has 5 N–H and O–H groups in total. The molecule has 1 saturated carbocycles. The highest BCUT2D eigenvalue weighted by molar-refractivity contribution is 7.63. The van der Waals surface area contributed by atoms with E-state index in [1.165, 1.54) is 64.2 Å². The summed E-state index contributed by atoms with van der Waals surface area (Å²) in [6, 6.07) is 0.352. The van der Waals surface area contributed by atoms with Crippen molar-refractivity contribution >= 4 is 38.3 Å². The van der Waals surface area contributed by atoms with E-state index in [-0.39, 0.29) is 32.3 Å². The van der Waals surface area contributed by atoms with Crippen LogP contribution in [0.5, 0.6) is 0 Å². The highest BCUT2D eigenvalue weighted by Gasteiger charge is 2.34. The fourth-order valence-corrected chi connectivity index (χ4v) is 7.29. The molecule has 2 atom stereocenters. The van der Waals surface area contributed by atoms with Gasteiger partial charge >= 0.3 is 15.4 Å². The van der Waals surface area contributed by atoms with E-state index in [2.05, 4.69) is 43.7 Å². The first-order valence-electron chi connectivity index (χ1n) is 17.2. The van der Waals surface area contributed by atoms with Crippen LogP contribution >= 0.6 is 15.4 Å². The standard InChI is InChI=1S/C31H56N6O8P2/c1-2-3-4-5-6-7-8-9-10-11-12-13-14-15-16-17-21-42-23-24-44-47(40,41)45-46(38,39)26-43-22-20-37-25-33-28-29(34-27-18-19-27)35-31(32)36-30(28)37/h9-10,25,27H,2-8,11-24,26H2,1H3,(H,38,39)(H,40,41)(H3,32,34,35,36)/b10-9+. The van der Waals surface area contributed by atoms with Crippen LogP contribution in [0, 0.1) is 0 Å². The number of aromatic nitrogens is 4. The molecule has 14 nitrogen and oxygen atoms in total. The normalized spacial score (nSPS) is 16.1. The molecule has 2 heterocycles. The number of phosphoric ester groups is 1. The number of nitrogens with two attached hydrogens (primary N) is 1. The van der Waals surface area contributed by atoms with Gasteiger partial charge in [-0.15, -0.1) is 0 Å². The maximum Gasteiger partial charge on any atom is 0.479 e. The van der Waals surface area contributed by atoms with Gasteiger partial charge in [0.1, 0.15) is 6.35 Å². The number of rotatable bonds is 29. The Hall–Kier alpha value is -1.89. The van der Waals surface area contributed by atoms with Gasteiger partial charge in [0.05, 0.1) is 26.1 Å². The van der Waals surface area contributed by atoms with Gasteiger partial charge in [-0.1, -0.05) is 76.9 Å². The van der Waals surface area contributed by atoms with Crippen molar-refractivity contribution in [2.45, 2.75) is 122 Å². The van der Waals surface area contributed by atoms with E-state index in [1.807, 2.05) is 0 Å². The minimum atomic E-state index is -4.79. The summed E-state index contributed by atoms with van der Waals surface area (Å²) >= 11 is 0. The van der Waals surface area contributed by atoms with Gasteiger partial charge in [0.2, 0.25) is 5.95 Å². The zero-order chi connectivity index (χ0) is 33.8. The van der Waals surface area contributed by atoms with Gasteiger partial charge in [-0.2, -0.15) is 9.97 Å². The van der Waals surface area contributed by atoms with Crippen LogP contribution in [0.2, 0.25) is 0 Å². The molecule has 0 amide bonds. The Morgan fingerprint density at radius 2 is 1.55 bits per heavy atom. The number of anilines is 2. The summed E-state index contributed by atoms with van der Waals surface area (Å²) in [6.07, 6.45) is 24.7. The molecule has 1 aliphatic rings. The van der Waals surface area contributed by atoms with E-state index >= 15 is 0 Å². The highest BCUT2D eigenvalue weighted by Crippen LogP contribution is 2.59. The van der Waals surface area contributed by atoms with Gasteiger partial charge in [-0.05, 0) is 44.9 Å². The number of fused-ring (bicyclic) bond motifs is 1. The van der Waals surface area contributed by atoms with Crippen LogP contribution in [0.3, 0.4) is 0 Å². The van der Waals surface area contributed by atoms with Crippen LogP contribution in [0.25, 0.3) is 11.2 Å². The van der Waals surface area contributed by atoms with Crippen molar-refractivity contribution in [1.29, 1.82) is 0 Å². The van der Waals surface area contributed by atoms with Gasteiger partial charge in [0, 0.05) is 19.2 Å². The smallest absolute Gasteiger partial charge is 0.379 e. The number of hydrogen-bond acceptors (Lipinski definition) is 11. The molecule has 1 fully saturated rings. The molecule has 47 heavy (non-hydrogen) atoms. The second-order valence-corrected chi connectivity index (χ2v) is 15.4. The zero-order valence-electron chi connectivity index (χ0n) is 28.0. The number of ether oxygens (including phenoxy) is 2. The van der Waals surface area contributed by atoms with Gasteiger partial charge < -0.3 is 34.9 Å². The van der Waals surface area contributed by atoms with Crippen molar-refractivity contribution in [3.05, 3.63) is 18.5 Å². The van der Waals surface area contributed by atoms with Gasteiger partial charge in [0.15, 0.2) is 17.0 Å². The second kappa shape index (κ2) is 22.0. The number of unbranched alkanes of at least 4 members (excludes halogenated alkanes) is 12. The first-order chi connectivity index (χ1) is 22.7. The zero-order valence-corrected chi connectivity index (χ0v) is 29.8. The lowest BCUT2D eigenvalue weighted by molar-refractivity contribution is 0.0823. The van der Waals surface area contributed by atoms with Crippen LogP contribution < -0.4 is 11.1 Å². The molecule has 2 aromatic heterocycles. The van der Waals surface area contributed by atoms with Crippen molar-refractivity contribution < 1.29 is 37.2 Å². The van der Waals surface area contributed by atoms with E-state index in [4.69, 9.17) is 19.7 Å². The minimum Gasteiger partial charge on any atom is -0.379 e. The average Bonchev–Trinajstić information content (AvgIpc) is 3.74. The molecular weight excluding hydrogens is 646 g/mol. The highest BCUT2D eigenvalue weighted by atomic mass is 31.3. The third-order valence-corrected chi connectivity index (χ3v) is 10.5. The van der Waals surface area contributed by atoms with Crippen molar-refractivity contribution in [1.82, 2.24) is 19.5 Å². The van der Waals surface area contributed by atoms with Gasteiger partial charge in [-0.3, -0.25) is 9.09 Å². The lowest BCUT2D eigenvalue weighted by Gasteiger charge is -2.16. The van der Waals surface area contributed by atoms with E-state index < -0.39 is 21.8 Å². The molecule has 16 heteroatoms. The van der Waals surface area contributed by atoms with E-state index in [0.29, 0.717) is 29.6 Å². The summed E-state index contributed by atoms with van der Waals surface area (Å²) in [4.78, 5) is 32.7. The summed E-state index contributed by atoms with van der Waals surface area (Å²) in [7, 11) is -9.36. The summed E-state index contributed by atoms with van der Waals surface area (Å²) in [5.74, 6) is 0.657. The lowest BCUT2D eigenvalue weighted by atomic mass is 10.1. The molecule has 268 valence electrons. The molecule has 1 aliphatic carbocycles. The summed E-state index contributed by atoms with van der Waals surface area (Å²) < 4.78 is 46.1. The Labute approximate surface area is 279 Å². The van der Waals surface area contributed by atoms with Crippen molar-refractivity contribution in [3.8, 4) is 0 Å². The summed E-state index contributed by atoms with van der Waals surface area (Å²) in [6.45, 7) is 2.79. The Kier molecular flexibility index (Phi) is 18.5. The van der Waals surface area contributed by atoms with Crippen molar-refractivity contribution in [2.75, 3.05) is 43.8 Å². The van der Waals surface area contributed by atoms with Crippen LogP contribution in [0.1, 0.15) is 110 Å². The van der Waals surface area contributed by atoms with Crippen LogP contribution in [-0.4, -0.2) is 68.1 Å². The predicted octanol–water partition coefficient (Wildman–Crippen LogP) is 7.33. The number of phosphoric acid groups is 1. The third kappa shape index (κ3) is 17.4. The monoisotopic (exact) mass is 702 g/mol. The number of nitrogens with zero attached hydrogens (tertiary/aromatic N) is 4. The fourth-order valence-electron chi connectivity index (χ4n) is 4.96. The Bertz CT molecular complexity index is 1290. The Morgan fingerprint density at radius 3 is 2.23 bits per heavy atom. The predicted molar refractivity (Wildman–Crippen MR) is 184 cm³/mol. The van der Waals surface area contributed by atoms with Gasteiger partial charge in [0.25, 0.3) is 0 Å². The first-order valence-corrected chi connectivity index (χ1v) is 20.5. The topological polar surface area (TPSA) is 193 Å². The van der Waals surface area contributed by atoms with Crippen LogP contribution in [0.4, 0.5) is 11.8 Å². The number of nitrogen functional groups attached to an aromatic ring is 1. The molecule has 0 spiro atoms. The molecule has 0 bridgehead atoms. The maximum atomic E-state index is 12.3. The van der Waals surface area contributed by atoms with Crippen molar-refractivity contribution in [3.63, 3.8) is 0 Å². The number of hydrogen-bond donors (Lipinski definition) is 4. The number of allylic oxidation sites excluding steroid dienone is 2. The molecule has 0 saturated heterocycles. The van der Waals surface area contributed by atoms with E-state index in [0.717, 1.165) is 38.5 Å². The molecule has 0 aromatic carbocycles. The minimum absolute atomic E-state index is 0.0181. The molecule has 2 unspecified atom stereocenters. The van der Waals surface area contributed by atoms with Crippen molar-refractivity contribution in [2.24, 2.45) is 0 Å². The summed E-state index contributed by atoms with van der Waals surface area (Å²) in [5.41, 5.74) is 6.90. The van der Waals surface area contributed by atoms with E-state index in [1.54, 1.807) is 10.9 Å². The first kappa shape index (κ1) is 39.5. The van der Waals surface area contributed by atoms with Crippen LogP contribution in [-0.2, 0) is 34.0 Å². The van der Waals surface area contributed by atoms with Crippen LogP contribution in [0.15, 0.2) is 18.5 Å². The van der Waals surface area contributed by atoms with Gasteiger partial charge in [-0.25, -0.2) is 13.9 Å². The molecule has 3 rings (SSSR count).